The van der Waals surface area contributed by atoms with E-state index in [0.29, 0.717) is 11.7 Å². The number of amidine groups is 2. The Morgan fingerprint density at radius 1 is 0.426 bits per heavy atom. The molecule has 318 valence electrons. The van der Waals surface area contributed by atoms with Crippen molar-refractivity contribution >= 4 is 136 Å². The quantitative estimate of drug-likeness (QED) is 0.174. The van der Waals surface area contributed by atoms with E-state index >= 15 is 0 Å². The third-order valence-electron chi connectivity index (χ3n) is 14.1. The number of para-hydroxylation sites is 3. The van der Waals surface area contributed by atoms with Crippen LogP contribution in [0.5, 0.6) is 0 Å². The van der Waals surface area contributed by atoms with Crippen LogP contribution < -0.4 is 0 Å². The first kappa shape index (κ1) is 37.6. The van der Waals surface area contributed by atoms with Crippen LogP contribution in [0.4, 0.5) is 0 Å². The Bertz CT molecular complexity index is 4540. The zero-order valence-electron chi connectivity index (χ0n) is 36.7. The minimum atomic E-state index is -0.437. The van der Waals surface area contributed by atoms with Crippen molar-refractivity contribution in [3.05, 3.63) is 211 Å². The zero-order valence-corrected chi connectivity index (χ0v) is 37.5. The molecule has 14 aromatic rings. The van der Waals surface area contributed by atoms with Gasteiger partial charge >= 0.3 is 0 Å². The summed E-state index contributed by atoms with van der Waals surface area (Å²) < 4.78 is 14.0. The number of aromatic nitrogens is 2. The summed E-state index contributed by atoms with van der Waals surface area (Å²) in [5.41, 5.74) is 8.74. The lowest BCUT2D eigenvalue weighted by Crippen LogP contribution is -2.25. The van der Waals surface area contributed by atoms with E-state index in [0.717, 1.165) is 82.8 Å². The molecular weight excluding hydrogens is 851 g/mol. The third-order valence-corrected chi connectivity index (χ3v) is 15.2. The van der Waals surface area contributed by atoms with Gasteiger partial charge in [0.1, 0.15) is 23.0 Å². The second-order valence-electron chi connectivity index (χ2n) is 17.9. The highest BCUT2D eigenvalue weighted by molar-refractivity contribution is 7.25. The number of furan rings is 1. The minimum absolute atomic E-state index is 0.437. The van der Waals surface area contributed by atoms with E-state index in [9.17, 15) is 0 Å². The van der Waals surface area contributed by atoms with Gasteiger partial charge in [-0.1, -0.05) is 133 Å². The topological polar surface area (TPSA) is 60.1 Å². The first-order valence-electron chi connectivity index (χ1n) is 23.1. The standard InChI is InChI=1S/C61H37N5OS/c1-35-61(66-48-25-11-6-19-40(48)41-20-7-12-26-49(41)66)64-59(44-23-14-28-55-56(44)43-22-9-13-27-54(43)68-55)63-60(62-35)58-50(29-30-52-57(58)46-32-37-16-3-5-18-39(37)34-53(46)67-52)65-47-24-10-8-21-42(47)45-31-36-15-2-4-17-38(36)33-51(45)65/h2-35H,1H3. The van der Waals surface area contributed by atoms with Crippen molar-refractivity contribution in [2.45, 2.75) is 13.0 Å². The van der Waals surface area contributed by atoms with Crippen molar-refractivity contribution < 1.29 is 4.42 Å². The molecule has 1 atom stereocenters. The van der Waals surface area contributed by atoms with Crippen molar-refractivity contribution in [1.29, 1.82) is 0 Å². The maximum Gasteiger partial charge on any atom is 0.164 e. The minimum Gasteiger partial charge on any atom is -0.456 e. The molecule has 0 aliphatic carbocycles. The van der Waals surface area contributed by atoms with Crippen molar-refractivity contribution in [2.24, 2.45) is 15.0 Å². The summed E-state index contributed by atoms with van der Waals surface area (Å²) in [6.07, 6.45) is 0. The number of fused-ring (bicyclic) bond motifs is 14. The van der Waals surface area contributed by atoms with Crippen molar-refractivity contribution in [3.8, 4) is 5.69 Å². The summed E-state index contributed by atoms with van der Waals surface area (Å²) in [4.78, 5) is 17.4. The lowest BCUT2D eigenvalue weighted by Gasteiger charge is -2.17. The Kier molecular flexibility index (Phi) is 7.83. The average Bonchev–Trinajstić information content (AvgIpc) is 4.10. The van der Waals surface area contributed by atoms with Crippen LogP contribution in [0.2, 0.25) is 0 Å². The Balaban J connectivity index is 1.10. The molecule has 15 rings (SSSR count). The van der Waals surface area contributed by atoms with Gasteiger partial charge in [-0.15, -0.1) is 11.3 Å². The molecule has 0 amide bonds. The van der Waals surface area contributed by atoms with Crippen LogP contribution >= 0.6 is 11.3 Å². The van der Waals surface area contributed by atoms with Crippen molar-refractivity contribution in [1.82, 2.24) is 9.13 Å². The summed E-state index contributed by atoms with van der Waals surface area (Å²) in [5.74, 6) is 1.99. The summed E-state index contributed by atoms with van der Waals surface area (Å²) >= 11 is 1.80. The predicted molar refractivity (Wildman–Crippen MR) is 287 cm³/mol. The van der Waals surface area contributed by atoms with Crippen LogP contribution in [0.25, 0.3) is 113 Å². The predicted octanol–water partition coefficient (Wildman–Crippen LogP) is 16.0. The SMILES string of the molecule is CC1N=C(c2c(-n3c4ccccc4c4cc5ccccc5cc43)ccc3oc4cc5ccccc5cc4c23)N=C(c2cccc3sc4ccccc4c23)N=C1n1c2ccccc2c2ccccc21. The Hall–Kier alpha value is -8.65. The number of hydrogen-bond donors (Lipinski definition) is 0. The lowest BCUT2D eigenvalue weighted by molar-refractivity contribution is 0.669. The summed E-state index contributed by atoms with van der Waals surface area (Å²) in [6.45, 7) is 2.16. The van der Waals surface area contributed by atoms with Gasteiger partial charge in [0, 0.05) is 58.1 Å². The molecule has 5 heterocycles. The summed E-state index contributed by atoms with van der Waals surface area (Å²) in [6, 6.07) is 71.3. The molecule has 0 saturated heterocycles. The molecular formula is C61H37N5OS. The Labute approximate surface area is 392 Å². The third kappa shape index (κ3) is 5.36. The van der Waals surface area contributed by atoms with E-state index in [2.05, 4.69) is 216 Å². The Morgan fingerprint density at radius 2 is 1.00 bits per heavy atom. The van der Waals surface area contributed by atoms with Gasteiger partial charge in [0.05, 0.1) is 33.3 Å². The zero-order chi connectivity index (χ0) is 44.6. The van der Waals surface area contributed by atoms with Gasteiger partial charge in [0.15, 0.2) is 11.7 Å². The number of hydrogen-bond acceptors (Lipinski definition) is 5. The van der Waals surface area contributed by atoms with Gasteiger partial charge in [0.2, 0.25) is 0 Å². The molecule has 1 aliphatic heterocycles. The maximum absolute atomic E-state index is 6.89. The molecule has 0 bridgehead atoms. The molecule has 0 spiro atoms. The maximum atomic E-state index is 6.89. The largest absolute Gasteiger partial charge is 0.456 e. The average molecular weight is 888 g/mol. The highest BCUT2D eigenvalue weighted by Gasteiger charge is 2.29. The number of aliphatic imine (C=N–C) groups is 3. The monoisotopic (exact) mass is 887 g/mol. The van der Waals surface area contributed by atoms with Gasteiger partial charge in [-0.3, -0.25) is 9.56 Å². The summed E-state index contributed by atoms with van der Waals surface area (Å²) in [5, 5.41) is 13.6. The first-order valence-corrected chi connectivity index (χ1v) is 23.9. The molecule has 1 aliphatic rings. The molecule has 7 heteroatoms. The normalized spacial score (nSPS) is 14.7. The van der Waals surface area contributed by atoms with Gasteiger partial charge in [-0.05, 0) is 95.2 Å². The number of rotatable bonds is 3. The highest BCUT2D eigenvalue weighted by atomic mass is 32.1. The molecule has 0 fully saturated rings. The van der Waals surface area contributed by atoms with Gasteiger partial charge in [-0.25, -0.2) is 9.98 Å². The highest BCUT2D eigenvalue weighted by Crippen LogP contribution is 2.43. The molecule has 68 heavy (non-hydrogen) atoms. The van der Waals surface area contributed by atoms with E-state index in [-0.39, 0.29) is 0 Å². The molecule has 0 radical (unpaired) electrons. The molecule has 0 N–H and O–H groups in total. The van der Waals surface area contributed by atoms with E-state index in [4.69, 9.17) is 19.4 Å². The van der Waals surface area contributed by atoms with Crippen LogP contribution in [0.15, 0.2) is 220 Å². The van der Waals surface area contributed by atoms with E-state index in [1.54, 1.807) is 11.3 Å². The Morgan fingerprint density at radius 3 is 1.72 bits per heavy atom. The fourth-order valence-corrected chi connectivity index (χ4v) is 12.2. The first-order chi connectivity index (χ1) is 33.6. The van der Waals surface area contributed by atoms with Crippen LogP contribution in [-0.2, 0) is 0 Å². The van der Waals surface area contributed by atoms with E-state index < -0.39 is 6.04 Å². The second kappa shape index (κ2) is 14.2. The fourth-order valence-electron chi connectivity index (χ4n) is 11.1. The van der Waals surface area contributed by atoms with E-state index in [1.165, 1.54) is 47.1 Å². The van der Waals surface area contributed by atoms with Crippen LogP contribution in [-0.4, -0.2) is 32.7 Å². The van der Waals surface area contributed by atoms with Crippen molar-refractivity contribution in [2.75, 3.05) is 0 Å². The molecule has 6 nitrogen and oxygen atoms in total. The lowest BCUT2D eigenvalue weighted by atomic mass is 10.00. The summed E-state index contributed by atoms with van der Waals surface area (Å²) in [7, 11) is 0. The van der Waals surface area contributed by atoms with Crippen LogP contribution in [0.3, 0.4) is 0 Å². The second-order valence-corrected chi connectivity index (χ2v) is 19.0. The molecule has 10 aromatic carbocycles. The van der Waals surface area contributed by atoms with Crippen molar-refractivity contribution in [3.63, 3.8) is 0 Å². The number of thiophene rings is 1. The van der Waals surface area contributed by atoms with Gasteiger partial charge in [0.25, 0.3) is 0 Å². The smallest absolute Gasteiger partial charge is 0.164 e. The van der Waals surface area contributed by atoms with Gasteiger partial charge in [-0.2, -0.15) is 0 Å². The number of nitrogens with zero attached hydrogens (tertiary/aromatic N) is 5. The fraction of sp³-hybridized carbons (Fsp3) is 0.0328. The van der Waals surface area contributed by atoms with E-state index in [1.807, 2.05) is 0 Å². The van der Waals surface area contributed by atoms with Crippen LogP contribution in [0, 0.1) is 0 Å². The molecule has 4 aromatic heterocycles. The molecule has 0 saturated carbocycles. The molecule has 1 unspecified atom stereocenters. The number of benzene rings is 10. The van der Waals surface area contributed by atoms with Gasteiger partial charge < -0.3 is 8.98 Å². The van der Waals surface area contributed by atoms with Crippen LogP contribution in [0.1, 0.15) is 18.1 Å².